The fourth-order valence-corrected chi connectivity index (χ4v) is 6.67. The molecule has 1 aromatic heterocycles. The number of likely N-dealkylation sites (tertiary alicyclic amines) is 2. The number of nitrogens with one attached hydrogen (secondary N) is 1. The van der Waals surface area contributed by atoms with E-state index in [-0.39, 0.29) is 28.3 Å². The molecule has 40 heavy (non-hydrogen) atoms. The number of anilines is 1. The number of aromatic nitrogens is 1. The Hall–Kier alpha value is -3.91. The fourth-order valence-electron chi connectivity index (χ4n) is 6.67. The zero-order valence-electron chi connectivity index (χ0n) is 22.7. The summed E-state index contributed by atoms with van der Waals surface area (Å²) >= 11 is 0. The molecule has 1 N–H and O–H groups in total. The molecule has 7 rings (SSSR count). The molecule has 4 heterocycles. The van der Waals surface area contributed by atoms with E-state index in [1.165, 1.54) is 12.5 Å². The van der Waals surface area contributed by atoms with Gasteiger partial charge in [-0.25, -0.2) is 4.39 Å². The number of nitrogens with zero attached hydrogens (tertiary/aromatic N) is 3. The van der Waals surface area contributed by atoms with Crippen LogP contribution in [0.2, 0.25) is 0 Å². The molecule has 0 radical (unpaired) electrons. The lowest BCUT2D eigenvalue weighted by atomic mass is 10.0. The van der Waals surface area contributed by atoms with Crippen molar-refractivity contribution in [1.82, 2.24) is 14.4 Å². The summed E-state index contributed by atoms with van der Waals surface area (Å²) in [5, 5.41) is 5.37. The van der Waals surface area contributed by atoms with Gasteiger partial charge in [0.25, 0.3) is 5.91 Å². The Balaban J connectivity index is 1.41. The third-order valence-electron chi connectivity index (χ3n) is 8.84. The summed E-state index contributed by atoms with van der Waals surface area (Å²) in [7, 11) is 2.13. The van der Waals surface area contributed by atoms with Gasteiger partial charge in [0.15, 0.2) is 17.3 Å². The van der Waals surface area contributed by atoms with Crippen LogP contribution in [0.1, 0.15) is 48.9 Å². The zero-order chi connectivity index (χ0) is 27.4. The molecule has 0 aliphatic carbocycles. The van der Waals surface area contributed by atoms with Crippen LogP contribution < -0.4 is 15.5 Å². The molecule has 2 fully saturated rings. The van der Waals surface area contributed by atoms with Crippen LogP contribution in [0.5, 0.6) is 11.5 Å². The lowest BCUT2D eigenvalue weighted by Gasteiger charge is -2.29. The summed E-state index contributed by atoms with van der Waals surface area (Å²) < 4.78 is 24.1. The van der Waals surface area contributed by atoms with Gasteiger partial charge in [-0.05, 0) is 69.6 Å². The van der Waals surface area contributed by atoms with Gasteiger partial charge in [0.1, 0.15) is 16.8 Å². The number of amides is 1. The SMILES string of the molecule is CN1CCCC1CCNc1c(F)cc2c(=O)c(C(=O)N3CCCCC3)cn3c2c1Oc1ccc2ccccc2c1-3. The van der Waals surface area contributed by atoms with Crippen molar-refractivity contribution in [3.8, 4) is 17.2 Å². The van der Waals surface area contributed by atoms with Crippen molar-refractivity contribution < 1.29 is 13.9 Å². The Morgan fingerprint density at radius 1 is 1.05 bits per heavy atom. The molecule has 2 saturated heterocycles. The van der Waals surface area contributed by atoms with Crippen molar-refractivity contribution in [2.45, 2.75) is 44.6 Å². The van der Waals surface area contributed by atoms with E-state index in [0.29, 0.717) is 36.9 Å². The Labute approximate surface area is 232 Å². The van der Waals surface area contributed by atoms with E-state index in [2.05, 4.69) is 17.3 Å². The van der Waals surface area contributed by atoms with Crippen molar-refractivity contribution in [2.24, 2.45) is 0 Å². The van der Waals surface area contributed by atoms with E-state index in [9.17, 15) is 9.59 Å². The number of carbonyl (C=O) groups is 1. The molecule has 1 unspecified atom stereocenters. The normalized spacial score (nSPS) is 18.6. The van der Waals surface area contributed by atoms with Crippen LogP contribution in [0, 0.1) is 5.82 Å². The van der Waals surface area contributed by atoms with E-state index in [1.54, 1.807) is 11.1 Å². The Morgan fingerprint density at radius 2 is 1.88 bits per heavy atom. The van der Waals surface area contributed by atoms with Gasteiger partial charge in [-0.2, -0.15) is 0 Å². The molecule has 7 nitrogen and oxygen atoms in total. The van der Waals surface area contributed by atoms with E-state index in [0.717, 1.165) is 55.1 Å². The maximum Gasteiger partial charge on any atom is 0.259 e. The van der Waals surface area contributed by atoms with Gasteiger partial charge in [-0.1, -0.05) is 30.3 Å². The number of carbonyl (C=O) groups excluding carboxylic acids is 1. The maximum absolute atomic E-state index is 15.8. The molecule has 1 atom stereocenters. The first-order valence-corrected chi connectivity index (χ1v) is 14.4. The molecule has 3 aliphatic heterocycles. The minimum absolute atomic E-state index is 0.0607. The topological polar surface area (TPSA) is 66.8 Å². The molecular formula is C32H33FN4O3. The highest BCUT2D eigenvalue weighted by atomic mass is 19.1. The van der Waals surface area contributed by atoms with Gasteiger partial charge in [0.05, 0.1) is 11.1 Å². The standard InChI is InChI=1S/C32H33FN4O3/c1-35-15-7-9-21(35)13-14-34-27-25(33)18-23-29-31(27)40-26-12-11-20-8-3-4-10-22(20)28(26)37(29)19-24(30(23)38)32(39)36-16-5-2-6-17-36/h3-4,8,10-12,18-19,21,34H,2,5-7,9,13-17H2,1H3. The average molecular weight is 541 g/mol. The van der Waals surface area contributed by atoms with E-state index >= 15 is 4.39 Å². The summed E-state index contributed by atoms with van der Waals surface area (Å²) in [4.78, 5) is 31.5. The molecule has 3 aliphatic rings. The van der Waals surface area contributed by atoms with Crippen molar-refractivity contribution in [3.05, 3.63) is 70.3 Å². The second kappa shape index (κ2) is 9.93. The van der Waals surface area contributed by atoms with Gasteiger partial charge in [0.2, 0.25) is 5.43 Å². The summed E-state index contributed by atoms with van der Waals surface area (Å²) in [6, 6.07) is 13.5. The first-order valence-electron chi connectivity index (χ1n) is 14.4. The highest BCUT2D eigenvalue weighted by Gasteiger charge is 2.31. The average Bonchev–Trinajstić information content (AvgIpc) is 3.39. The van der Waals surface area contributed by atoms with Gasteiger partial charge < -0.3 is 24.4 Å². The number of fused-ring (bicyclic) bond motifs is 4. The number of hydrogen-bond acceptors (Lipinski definition) is 5. The van der Waals surface area contributed by atoms with Gasteiger partial charge in [-0.3, -0.25) is 9.59 Å². The molecule has 4 aromatic rings. The Morgan fingerprint density at radius 3 is 2.67 bits per heavy atom. The number of benzene rings is 3. The quantitative estimate of drug-likeness (QED) is 0.300. The van der Waals surface area contributed by atoms with E-state index in [1.807, 2.05) is 41.0 Å². The van der Waals surface area contributed by atoms with E-state index < -0.39 is 11.2 Å². The molecule has 0 spiro atoms. The van der Waals surface area contributed by atoms with Crippen LogP contribution >= 0.6 is 0 Å². The predicted molar refractivity (Wildman–Crippen MR) is 156 cm³/mol. The summed E-state index contributed by atoms with van der Waals surface area (Å²) in [5.74, 6) is -0.0189. The fraction of sp³-hybridized carbons (Fsp3) is 0.375. The van der Waals surface area contributed by atoms with Crippen LogP contribution in [-0.2, 0) is 0 Å². The Bertz CT molecular complexity index is 1710. The lowest BCUT2D eigenvalue weighted by molar-refractivity contribution is 0.0722. The minimum atomic E-state index is -0.558. The largest absolute Gasteiger partial charge is 0.451 e. The maximum atomic E-state index is 15.8. The molecule has 8 heteroatoms. The van der Waals surface area contributed by atoms with Gasteiger partial charge in [-0.15, -0.1) is 0 Å². The van der Waals surface area contributed by atoms with Crippen LogP contribution in [0.4, 0.5) is 10.1 Å². The van der Waals surface area contributed by atoms with Crippen molar-refractivity contribution >= 4 is 33.3 Å². The number of hydrogen-bond donors (Lipinski definition) is 1. The Kier molecular flexibility index (Phi) is 6.23. The lowest BCUT2D eigenvalue weighted by Crippen LogP contribution is -2.38. The highest BCUT2D eigenvalue weighted by molar-refractivity contribution is 6.04. The number of pyridine rings is 1. The third kappa shape index (κ3) is 4.04. The molecule has 3 aromatic carbocycles. The zero-order valence-corrected chi connectivity index (χ0v) is 22.7. The monoisotopic (exact) mass is 540 g/mol. The second-order valence-corrected chi connectivity index (χ2v) is 11.3. The van der Waals surface area contributed by atoms with Gasteiger partial charge >= 0.3 is 0 Å². The second-order valence-electron chi connectivity index (χ2n) is 11.3. The molecule has 1 amide bonds. The molecular weight excluding hydrogens is 507 g/mol. The summed E-state index contributed by atoms with van der Waals surface area (Å²) in [6.45, 7) is 2.90. The highest BCUT2D eigenvalue weighted by Crippen LogP contribution is 2.47. The minimum Gasteiger partial charge on any atom is -0.451 e. The number of rotatable bonds is 5. The van der Waals surface area contributed by atoms with Crippen molar-refractivity contribution in [2.75, 3.05) is 38.5 Å². The number of piperidine rings is 1. The van der Waals surface area contributed by atoms with Crippen LogP contribution in [0.25, 0.3) is 27.4 Å². The van der Waals surface area contributed by atoms with Crippen LogP contribution in [0.3, 0.4) is 0 Å². The van der Waals surface area contributed by atoms with Crippen LogP contribution in [0.15, 0.2) is 53.5 Å². The van der Waals surface area contributed by atoms with Gasteiger partial charge in [0, 0.05) is 37.3 Å². The number of halogens is 1. The van der Waals surface area contributed by atoms with E-state index in [4.69, 9.17) is 4.74 Å². The smallest absolute Gasteiger partial charge is 0.259 e. The first kappa shape index (κ1) is 25.1. The first-order chi connectivity index (χ1) is 19.5. The van der Waals surface area contributed by atoms with Crippen molar-refractivity contribution in [1.29, 1.82) is 0 Å². The number of ether oxygens (including phenoxy) is 1. The predicted octanol–water partition coefficient (Wildman–Crippen LogP) is 5.91. The van der Waals surface area contributed by atoms with Crippen molar-refractivity contribution in [3.63, 3.8) is 0 Å². The van der Waals surface area contributed by atoms with Crippen LogP contribution in [-0.4, -0.2) is 59.5 Å². The molecule has 0 saturated carbocycles. The molecule has 0 bridgehead atoms. The summed E-state index contributed by atoms with van der Waals surface area (Å²) in [6.07, 6.45) is 7.74. The molecule has 206 valence electrons. The third-order valence-corrected chi connectivity index (χ3v) is 8.84. The summed E-state index contributed by atoms with van der Waals surface area (Å²) in [5.41, 5.74) is 1.06.